The highest BCUT2D eigenvalue weighted by atomic mass is 15.1. The van der Waals surface area contributed by atoms with Crippen LogP contribution in [0.1, 0.15) is 46.5 Å². The molecule has 0 aromatic carbocycles. The van der Waals surface area contributed by atoms with Gasteiger partial charge in [0, 0.05) is 18.8 Å². The van der Waals surface area contributed by atoms with Crippen LogP contribution in [0, 0.1) is 5.92 Å². The van der Waals surface area contributed by atoms with Gasteiger partial charge in [-0.15, -0.1) is 6.58 Å². The van der Waals surface area contributed by atoms with Gasteiger partial charge in [-0.1, -0.05) is 36.0 Å². The van der Waals surface area contributed by atoms with E-state index in [1.807, 2.05) is 6.08 Å². The Bertz CT molecular complexity index is 365. The van der Waals surface area contributed by atoms with Crippen molar-refractivity contribution < 1.29 is 0 Å². The maximum absolute atomic E-state index is 4.24. The minimum atomic E-state index is 0.735. The Morgan fingerprint density at radius 2 is 1.84 bits per heavy atom. The van der Waals surface area contributed by atoms with Gasteiger partial charge < -0.3 is 4.90 Å². The largest absolute Gasteiger partial charge is 0.368 e. The van der Waals surface area contributed by atoms with Crippen molar-refractivity contribution in [2.75, 3.05) is 13.1 Å². The fraction of sp³-hybridized carbons (Fsp3) is 0.556. The highest BCUT2D eigenvalue weighted by Gasteiger charge is 2.27. The molecule has 1 rings (SSSR count). The smallest absolute Gasteiger partial charge is 0.0362 e. The summed E-state index contributed by atoms with van der Waals surface area (Å²) in [7, 11) is 0. The summed E-state index contributed by atoms with van der Waals surface area (Å²) in [4.78, 5) is 2.36. The molecule has 0 bridgehead atoms. The molecule has 1 heteroatoms. The van der Waals surface area contributed by atoms with E-state index in [4.69, 9.17) is 0 Å². The van der Waals surface area contributed by atoms with E-state index in [0.29, 0.717) is 0 Å². The average molecular weight is 259 g/mol. The van der Waals surface area contributed by atoms with Crippen molar-refractivity contribution in [3.8, 4) is 0 Å². The van der Waals surface area contributed by atoms with E-state index in [0.717, 1.165) is 31.8 Å². The highest BCUT2D eigenvalue weighted by Crippen LogP contribution is 2.37. The first-order valence-electron chi connectivity index (χ1n) is 7.38. The molecule has 1 aliphatic rings. The summed E-state index contributed by atoms with van der Waals surface area (Å²) >= 11 is 0. The van der Waals surface area contributed by atoms with Crippen LogP contribution in [0.15, 0.2) is 48.2 Å². The van der Waals surface area contributed by atoms with E-state index < -0.39 is 0 Å². The third kappa shape index (κ3) is 6.47. The van der Waals surface area contributed by atoms with Gasteiger partial charge in [0.15, 0.2) is 0 Å². The lowest BCUT2D eigenvalue weighted by Crippen LogP contribution is -2.24. The van der Waals surface area contributed by atoms with Crippen LogP contribution in [0.2, 0.25) is 0 Å². The van der Waals surface area contributed by atoms with Gasteiger partial charge in [-0.2, -0.15) is 0 Å². The van der Waals surface area contributed by atoms with Gasteiger partial charge in [-0.3, -0.25) is 0 Å². The molecule has 0 saturated heterocycles. The zero-order valence-corrected chi connectivity index (χ0v) is 12.9. The summed E-state index contributed by atoms with van der Waals surface area (Å²) in [5, 5.41) is 0. The van der Waals surface area contributed by atoms with Gasteiger partial charge in [0.1, 0.15) is 0 Å². The third-order valence-electron chi connectivity index (χ3n) is 3.56. The molecule has 1 aliphatic carbocycles. The Balaban J connectivity index is 2.42. The molecule has 0 radical (unpaired) electrons. The predicted molar refractivity (Wildman–Crippen MR) is 86.1 cm³/mol. The molecule has 0 heterocycles. The van der Waals surface area contributed by atoms with Crippen molar-refractivity contribution in [3.63, 3.8) is 0 Å². The molecular formula is C18H29N. The summed E-state index contributed by atoms with van der Waals surface area (Å²) < 4.78 is 0. The maximum atomic E-state index is 4.24. The van der Waals surface area contributed by atoms with Crippen LogP contribution in [0.25, 0.3) is 0 Å². The molecular weight excluding hydrogens is 230 g/mol. The Kier molecular flexibility index (Phi) is 6.69. The lowest BCUT2D eigenvalue weighted by molar-refractivity contribution is 0.399. The second-order valence-electron chi connectivity index (χ2n) is 5.83. The predicted octanol–water partition coefficient (Wildman–Crippen LogP) is 5.09. The normalized spacial score (nSPS) is 15.0. The number of hydrogen-bond acceptors (Lipinski definition) is 1. The van der Waals surface area contributed by atoms with Crippen molar-refractivity contribution in [2.24, 2.45) is 5.92 Å². The first kappa shape index (κ1) is 15.8. The van der Waals surface area contributed by atoms with Crippen LogP contribution in [-0.2, 0) is 0 Å². The quantitative estimate of drug-likeness (QED) is 0.521. The SMILES string of the molecule is C=CCN(C/C=C(\C)CCC=C(C)C)C(=C)C1CC1. The average Bonchev–Trinajstić information content (AvgIpc) is 3.17. The Hall–Kier alpha value is -1.24. The molecule has 0 spiro atoms. The van der Waals surface area contributed by atoms with Crippen molar-refractivity contribution in [2.45, 2.75) is 46.5 Å². The highest BCUT2D eigenvalue weighted by molar-refractivity contribution is 5.11. The first-order chi connectivity index (χ1) is 9.04. The number of rotatable bonds is 9. The summed E-state index contributed by atoms with van der Waals surface area (Å²) in [5.74, 6) is 0.735. The Labute approximate surface area is 119 Å². The van der Waals surface area contributed by atoms with Crippen molar-refractivity contribution in [1.82, 2.24) is 4.90 Å². The van der Waals surface area contributed by atoms with Gasteiger partial charge in [-0.05, 0) is 52.4 Å². The standard InChI is InChI=1S/C18H29N/c1-6-13-19(17(5)18-10-11-18)14-12-16(4)9-7-8-15(2)3/h6,8,12,18H,1,5,7,9-11,13-14H2,2-4H3/b16-12+. The summed E-state index contributed by atoms with van der Waals surface area (Å²) in [6.07, 6.45) is 11.6. The molecule has 0 atom stereocenters. The molecule has 0 aromatic heterocycles. The van der Waals surface area contributed by atoms with Crippen LogP contribution < -0.4 is 0 Å². The van der Waals surface area contributed by atoms with Gasteiger partial charge in [0.25, 0.3) is 0 Å². The molecule has 19 heavy (non-hydrogen) atoms. The second-order valence-corrected chi connectivity index (χ2v) is 5.83. The molecule has 0 N–H and O–H groups in total. The Morgan fingerprint density at radius 3 is 2.37 bits per heavy atom. The van der Waals surface area contributed by atoms with Gasteiger partial charge in [0.2, 0.25) is 0 Å². The van der Waals surface area contributed by atoms with E-state index in [9.17, 15) is 0 Å². The maximum Gasteiger partial charge on any atom is 0.0362 e. The first-order valence-corrected chi connectivity index (χ1v) is 7.38. The van der Waals surface area contributed by atoms with Crippen LogP contribution >= 0.6 is 0 Å². The summed E-state index contributed by atoms with van der Waals surface area (Å²) in [5.41, 5.74) is 4.17. The van der Waals surface area contributed by atoms with Crippen molar-refractivity contribution in [1.29, 1.82) is 0 Å². The third-order valence-corrected chi connectivity index (χ3v) is 3.56. The van der Waals surface area contributed by atoms with Crippen LogP contribution in [-0.4, -0.2) is 18.0 Å². The fourth-order valence-corrected chi connectivity index (χ4v) is 2.10. The van der Waals surface area contributed by atoms with E-state index in [1.54, 1.807) is 0 Å². The minimum absolute atomic E-state index is 0.735. The van der Waals surface area contributed by atoms with Gasteiger partial charge in [-0.25, -0.2) is 0 Å². The number of allylic oxidation sites excluding steroid dienone is 4. The van der Waals surface area contributed by atoms with Crippen molar-refractivity contribution in [3.05, 3.63) is 48.2 Å². The van der Waals surface area contributed by atoms with Crippen molar-refractivity contribution >= 4 is 0 Å². The topological polar surface area (TPSA) is 3.24 Å². The minimum Gasteiger partial charge on any atom is -0.368 e. The summed E-state index contributed by atoms with van der Waals surface area (Å²) in [6.45, 7) is 16.5. The second kappa shape index (κ2) is 8.04. The fourth-order valence-electron chi connectivity index (χ4n) is 2.10. The van der Waals surface area contributed by atoms with E-state index in [-0.39, 0.29) is 0 Å². The summed E-state index contributed by atoms with van der Waals surface area (Å²) in [6, 6.07) is 0. The molecule has 1 fully saturated rings. The zero-order chi connectivity index (χ0) is 14.3. The molecule has 0 aromatic rings. The van der Waals surface area contributed by atoms with Gasteiger partial charge in [0.05, 0.1) is 0 Å². The van der Waals surface area contributed by atoms with Crippen LogP contribution in [0.3, 0.4) is 0 Å². The number of nitrogens with zero attached hydrogens (tertiary/aromatic N) is 1. The molecule has 0 unspecified atom stereocenters. The van der Waals surface area contributed by atoms with Crippen LogP contribution in [0.5, 0.6) is 0 Å². The lowest BCUT2D eigenvalue weighted by Gasteiger charge is -2.24. The number of hydrogen-bond donors (Lipinski definition) is 0. The van der Waals surface area contributed by atoms with Crippen LogP contribution in [0.4, 0.5) is 0 Å². The van der Waals surface area contributed by atoms with Gasteiger partial charge >= 0.3 is 0 Å². The monoisotopic (exact) mass is 259 g/mol. The lowest BCUT2D eigenvalue weighted by atomic mass is 10.1. The zero-order valence-electron chi connectivity index (χ0n) is 12.9. The Morgan fingerprint density at radius 1 is 1.16 bits per heavy atom. The van der Waals surface area contributed by atoms with E-state index in [2.05, 4.69) is 51.0 Å². The van der Waals surface area contributed by atoms with E-state index in [1.165, 1.54) is 29.7 Å². The molecule has 1 saturated carbocycles. The molecule has 0 amide bonds. The van der Waals surface area contributed by atoms with E-state index >= 15 is 0 Å². The molecule has 106 valence electrons. The molecule has 1 nitrogen and oxygen atoms in total. The molecule has 0 aliphatic heterocycles.